The highest BCUT2D eigenvalue weighted by atomic mass is 16.5. The SMILES string of the molecule is C=C1C(=O)C=C[C@H](O)[C@H]1COC(=O)c1ccccc1. The lowest BCUT2D eigenvalue weighted by Gasteiger charge is -2.24. The number of benzene rings is 1. The predicted octanol–water partition coefficient (Wildman–Crippen LogP) is 1.52. The van der Waals surface area contributed by atoms with Crippen molar-refractivity contribution in [2.24, 2.45) is 5.92 Å². The van der Waals surface area contributed by atoms with Gasteiger partial charge in [-0.2, -0.15) is 0 Å². The minimum absolute atomic E-state index is 0.0657. The van der Waals surface area contributed by atoms with Gasteiger partial charge in [0.25, 0.3) is 0 Å². The molecular formula is C15H14O4. The number of carbonyl (C=O) groups excluding carboxylic acids is 2. The Morgan fingerprint density at radius 3 is 2.68 bits per heavy atom. The molecule has 0 unspecified atom stereocenters. The number of hydrogen-bond donors (Lipinski definition) is 1. The number of aliphatic hydroxyl groups is 1. The van der Waals surface area contributed by atoms with Crippen LogP contribution in [0.3, 0.4) is 0 Å². The Bertz CT molecular complexity index is 530. The van der Waals surface area contributed by atoms with Crippen LogP contribution in [-0.2, 0) is 9.53 Å². The van der Waals surface area contributed by atoms with Gasteiger partial charge in [-0.3, -0.25) is 4.79 Å². The largest absolute Gasteiger partial charge is 0.461 e. The van der Waals surface area contributed by atoms with Crippen LogP contribution in [-0.4, -0.2) is 29.6 Å². The molecule has 1 aliphatic carbocycles. The lowest BCUT2D eigenvalue weighted by atomic mass is 9.87. The maximum atomic E-state index is 11.7. The van der Waals surface area contributed by atoms with Crippen LogP contribution < -0.4 is 0 Å². The molecule has 0 amide bonds. The van der Waals surface area contributed by atoms with Crippen molar-refractivity contribution in [1.82, 2.24) is 0 Å². The van der Waals surface area contributed by atoms with Crippen molar-refractivity contribution in [3.8, 4) is 0 Å². The first-order valence-electron chi connectivity index (χ1n) is 5.91. The third-order valence-corrected chi connectivity index (χ3v) is 3.02. The molecule has 1 aromatic carbocycles. The molecule has 0 bridgehead atoms. The summed E-state index contributed by atoms with van der Waals surface area (Å²) in [6.45, 7) is 3.56. The Kier molecular flexibility index (Phi) is 3.92. The second-order valence-corrected chi connectivity index (χ2v) is 4.31. The monoisotopic (exact) mass is 258 g/mol. The molecule has 1 aliphatic rings. The fourth-order valence-electron chi connectivity index (χ4n) is 1.84. The van der Waals surface area contributed by atoms with Crippen LogP contribution >= 0.6 is 0 Å². The summed E-state index contributed by atoms with van der Waals surface area (Å²) in [7, 11) is 0. The minimum Gasteiger partial charge on any atom is -0.461 e. The maximum Gasteiger partial charge on any atom is 0.338 e. The van der Waals surface area contributed by atoms with E-state index < -0.39 is 18.0 Å². The molecule has 0 fully saturated rings. The van der Waals surface area contributed by atoms with Crippen molar-refractivity contribution in [1.29, 1.82) is 0 Å². The Morgan fingerprint density at radius 2 is 2.00 bits per heavy atom. The van der Waals surface area contributed by atoms with Crippen LogP contribution in [0.5, 0.6) is 0 Å². The maximum absolute atomic E-state index is 11.7. The normalized spacial score (nSPS) is 22.4. The van der Waals surface area contributed by atoms with Gasteiger partial charge in [0.1, 0.15) is 6.61 Å². The second-order valence-electron chi connectivity index (χ2n) is 4.31. The number of aliphatic hydroxyl groups excluding tert-OH is 1. The minimum atomic E-state index is -0.853. The average molecular weight is 258 g/mol. The van der Waals surface area contributed by atoms with Gasteiger partial charge in [-0.15, -0.1) is 0 Å². The first-order chi connectivity index (χ1) is 9.09. The first kappa shape index (κ1) is 13.2. The van der Waals surface area contributed by atoms with E-state index in [1.54, 1.807) is 30.3 Å². The fourth-order valence-corrected chi connectivity index (χ4v) is 1.84. The summed E-state index contributed by atoms with van der Waals surface area (Å²) in [6, 6.07) is 8.54. The van der Waals surface area contributed by atoms with E-state index in [2.05, 4.69) is 6.58 Å². The van der Waals surface area contributed by atoms with E-state index in [9.17, 15) is 14.7 Å². The van der Waals surface area contributed by atoms with Crippen molar-refractivity contribution in [2.45, 2.75) is 6.10 Å². The molecule has 0 spiro atoms. The molecule has 1 aromatic rings. The van der Waals surface area contributed by atoms with E-state index in [4.69, 9.17) is 4.74 Å². The topological polar surface area (TPSA) is 63.6 Å². The molecule has 0 heterocycles. The molecular weight excluding hydrogens is 244 g/mol. The van der Waals surface area contributed by atoms with Crippen molar-refractivity contribution in [2.75, 3.05) is 6.61 Å². The zero-order chi connectivity index (χ0) is 13.8. The molecule has 4 nitrogen and oxygen atoms in total. The second kappa shape index (κ2) is 5.63. The van der Waals surface area contributed by atoms with E-state index in [-0.39, 0.29) is 18.0 Å². The zero-order valence-corrected chi connectivity index (χ0v) is 10.3. The lowest BCUT2D eigenvalue weighted by molar-refractivity contribution is -0.113. The van der Waals surface area contributed by atoms with Gasteiger partial charge in [0.15, 0.2) is 5.78 Å². The molecule has 0 aliphatic heterocycles. The Labute approximate surface area is 111 Å². The summed E-state index contributed by atoms with van der Waals surface area (Å²) in [4.78, 5) is 23.2. The molecule has 2 rings (SSSR count). The van der Waals surface area contributed by atoms with Crippen LogP contribution in [0.1, 0.15) is 10.4 Å². The zero-order valence-electron chi connectivity index (χ0n) is 10.3. The quantitative estimate of drug-likeness (QED) is 0.659. The van der Waals surface area contributed by atoms with E-state index in [1.165, 1.54) is 12.2 Å². The lowest BCUT2D eigenvalue weighted by Crippen LogP contribution is -2.32. The number of esters is 1. The highest BCUT2D eigenvalue weighted by Gasteiger charge is 2.29. The third kappa shape index (κ3) is 2.98. The molecule has 0 saturated carbocycles. The van der Waals surface area contributed by atoms with Gasteiger partial charge in [-0.25, -0.2) is 4.79 Å². The van der Waals surface area contributed by atoms with Gasteiger partial charge >= 0.3 is 5.97 Å². The van der Waals surface area contributed by atoms with Gasteiger partial charge < -0.3 is 9.84 Å². The predicted molar refractivity (Wildman–Crippen MR) is 69.5 cm³/mol. The van der Waals surface area contributed by atoms with Gasteiger partial charge in [-0.1, -0.05) is 30.9 Å². The van der Waals surface area contributed by atoms with Crippen LogP contribution in [0.2, 0.25) is 0 Å². The van der Waals surface area contributed by atoms with Crippen molar-refractivity contribution in [3.05, 3.63) is 60.2 Å². The molecule has 0 aromatic heterocycles. The van der Waals surface area contributed by atoms with Crippen LogP contribution in [0.4, 0.5) is 0 Å². The standard InChI is InChI=1S/C15H14O4/c1-10-12(14(17)8-7-13(10)16)9-19-15(18)11-5-3-2-4-6-11/h2-8,12,14,17H,1,9H2/t12-,14-/m0/s1. The molecule has 0 radical (unpaired) electrons. The van der Waals surface area contributed by atoms with Crippen molar-refractivity contribution in [3.63, 3.8) is 0 Å². The molecule has 98 valence electrons. The number of ketones is 1. The smallest absolute Gasteiger partial charge is 0.338 e. The summed E-state index contributed by atoms with van der Waals surface area (Å²) in [5.74, 6) is -1.31. The average Bonchev–Trinajstić information content (AvgIpc) is 2.44. The molecule has 1 N–H and O–H groups in total. The number of allylic oxidation sites excluding steroid dienone is 1. The summed E-state index contributed by atoms with van der Waals surface area (Å²) >= 11 is 0. The third-order valence-electron chi connectivity index (χ3n) is 3.02. The summed E-state index contributed by atoms with van der Waals surface area (Å²) in [5, 5.41) is 9.75. The number of ether oxygens (including phenoxy) is 1. The highest BCUT2D eigenvalue weighted by molar-refractivity contribution is 6.05. The van der Waals surface area contributed by atoms with Crippen molar-refractivity contribution >= 4 is 11.8 Å². The summed E-state index contributed by atoms with van der Waals surface area (Å²) < 4.78 is 5.11. The molecule has 19 heavy (non-hydrogen) atoms. The number of rotatable bonds is 3. The molecule has 0 saturated heterocycles. The van der Waals surface area contributed by atoms with E-state index in [1.807, 2.05) is 0 Å². The number of hydrogen-bond acceptors (Lipinski definition) is 4. The van der Waals surface area contributed by atoms with Gasteiger partial charge in [0.05, 0.1) is 17.6 Å². The summed E-state index contributed by atoms with van der Waals surface area (Å²) in [6.07, 6.45) is 1.81. The Hall–Kier alpha value is -2.20. The van der Waals surface area contributed by atoms with E-state index >= 15 is 0 Å². The van der Waals surface area contributed by atoms with Crippen molar-refractivity contribution < 1.29 is 19.4 Å². The van der Waals surface area contributed by atoms with Crippen LogP contribution in [0.15, 0.2) is 54.6 Å². The van der Waals surface area contributed by atoms with E-state index in [0.29, 0.717) is 5.56 Å². The van der Waals surface area contributed by atoms with Crippen LogP contribution in [0, 0.1) is 5.92 Å². The Balaban J connectivity index is 1.99. The van der Waals surface area contributed by atoms with Gasteiger partial charge in [0.2, 0.25) is 0 Å². The summed E-state index contributed by atoms with van der Waals surface area (Å²) in [5.41, 5.74) is 0.691. The first-order valence-corrected chi connectivity index (χ1v) is 5.91. The van der Waals surface area contributed by atoms with Gasteiger partial charge in [-0.05, 0) is 18.2 Å². The molecule has 2 atom stereocenters. The highest BCUT2D eigenvalue weighted by Crippen LogP contribution is 2.22. The van der Waals surface area contributed by atoms with Gasteiger partial charge in [0, 0.05) is 5.57 Å². The molecule has 4 heteroatoms. The fraction of sp³-hybridized carbons (Fsp3) is 0.200. The Morgan fingerprint density at radius 1 is 1.32 bits per heavy atom. The van der Waals surface area contributed by atoms with Crippen LogP contribution in [0.25, 0.3) is 0 Å². The van der Waals surface area contributed by atoms with E-state index in [0.717, 1.165) is 0 Å². The number of carbonyl (C=O) groups is 2.